The van der Waals surface area contributed by atoms with E-state index >= 15 is 0 Å². The molecule has 0 fully saturated rings. The highest BCUT2D eigenvalue weighted by Crippen LogP contribution is 2.62. The summed E-state index contributed by atoms with van der Waals surface area (Å²) in [7, 11) is 0. The smallest absolute Gasteiger partial charge is 0.0713 e. The first-order valence-corrected chi connectivity index (χ1v) is 24.1. The topological polar surface area (TPSA) is 0 Å². The highest BCUT2D eigenvalue weighted by Gasteiger charge is 2.49. The van der Waals surface area contributed by atoms with Crippen molar-refractivity contribution in [3.05, 3.63) is 299 Å². The van der Waals surface area contributed by atoms with E-state index in [4.69, 9.17) is 0 Å². The molecule has 0 atom stereocenters. The van der Waals surface area contributed by atoms with Gasteiger partial charge in [-0.3, -0.25) is 0 Å². The van der Waals surface area contributed by atoms with Crippen molar-refractivity contribution in [2.45, 2.75) is 10.8 Å². The van der Waals surface area contributed by atoms with Crippen LogP contribution >= 0.6 is 11.3 Å². The Kier molecular flexibility index (Phi) is 8.38. The maximum Gasteiger partial charge on any atom is 0.0713 e. The molecule has 2 aliphatic rings. The van der Waals surface area contributed by atoms with Gasteiger partial charge in [0.25, 0.3) is 0 Å². The Hall–Kier alpha value is -8.10. The van der Waals surface area contributed by atoms with Crippen molar-refractivity contribution in [3.63, 3.8) is 0 Å². The third-order valence-corrected chi connectivity index (χ3v) is 16.3. The Bertz CT molecular complexity index is 3820. The van der Waals surface area contributed by atoms with E-state index in [2.05, 4.69) is 255 Å². The van der Waals surface area contributed by atoms with E-state index in [1.54, 1.807) is 0 Å². The van der Waals surface area contributed by atoms with Gasteiger partial charge in [-0.25, -0.2) is 0 Å². The van der Waals surface area contributed by atoms with Gasteiger partial charge in [0, 0.05) is 20.2 Å². The van der Waals surface area contributed by atoms with Gasteiger partial charge < -0.3 is 0 Å². The van der Waals surface area contributed by atoms with Crippen molar-refractivity contribution in [3.8, 4) is 44.5 Å². The van der Waals surface area contributed by atoms with Crippen molar-refractivity contribution in [2.24, 2.45) is 0 Å². The second-order valence-electron chi connectivity index (χ2n) is 18.2. The number of hydrogen-bond donors (Lipinski definition) is 0. The third kappa shape index (κ3) is 5.29. The van der Waals surface area contributed by atoms with E-state index in [1.807, 2.05) is 11.3 Å². The van der Waals surface area contributed by atoms with Crippen molar-refractivity contribution < 1.29 is 0 Å². The maximum absolute atomic E-state index is 2.50. The summed E-state index contributed by atoms with van der Waals surface area (Å²) < 4.78 is 2.66. The van der Waals surface area contributed by atoms with Crippen LogP contribution in [0.2, 0.25) is 0 Å². The molecule has 2 aliphatic carbocycles. The summed E-state index contributed by atoms with van der Waals surface area (Å²) in [5.41, 5.74) is 19.1. The zero-order valence-corrected chi connectivity index (χ0v) is 37.5. The van der Waals surface area contributed by atoms with Crippen LogP contribution in [0.4, 0.5) is 0 Å². The van der Waals surface area contributed by atoms with Crippen molar-refractivity contribution in [2.75, 3.05) is 0 Å². The van der Waals surface area contributed by atoms with Gasteiger partial charge in [-0.15, -0.1) is 11.3 Å². The maximum atomic E-state index is 2.50. The van der Waals surface area contributed by atoms with Gasteiger partial charge in [-0.05, 0) is 118 Å². The molecule has 0 unspecified atom stereocenters. The summed E-state index contributed by atoms with van der Waals surface area (Å²) in [6.45, 7) is 0. The molecule has 0 nitrogen and oxygen atoms in total. The van der Waals surface area contributed by atoms with Crippen LogP contribution in [0, 0.1) is 0 Å². The number of benzene rings is 11. The third-order valence-electron chi connectivity index (χ3n) is 15.0. The Morgan fingerprint density at radius 3 is 1.33 bits per heavy atom. The number of fused-ring (bicyclic) bond motifs is 7. The molecule has 1 heteroatoms. The lowest BCUT2D eigenvalue weighted by Gasteiger charge is -2.46. The fourth-order valence-corrected chi connectivity index (χ4v) is 13.6. The van der Waals surface area contributed by atoms with Crippen LogP contribution < -0.4 is 0 Å². The highest BCUT2D eigenvalue weighted by molar-refractivity contribution is 7.26. The first-order valence-electron chi connectivity index (χ1n) is 23.3. The Balaban J connectivity index is 1.09. The van der Waals surface area contributed by atoms with Gasteiger partial charge in [0.2, 0.25) is 0 Å². The van der Waals surface area contributed by atoms with E-state index < -0.39 is 10.8 Å². The number of hydrogen-bond acceptors (Lipinski definition) is 1. The molecule has 14 rings (SSSR count). The molecule has 0 N–H and O–H groups in total. The lowest BCUT2D eigenvalue weighted by atomic mass is 9.55. The van der Waals surface area contributed by atoms with Crippen molar-refractivity contribution in [1.82, 2.24) is 0 Å². The minimum Gasteiger partial charge on any atom is -0.135 e. The van der Waals surface area contributed by atoms with Gasteiger partial charge in [0.05, 0.1) is 10.8 Å². The molecule has 0 saturated carbocycles. The Morgan fingerprint density at radius 1 is 0.254 bits per heavy atom. The van der Waals surface area contributed by atoms with Crippen LogP contribution in [0.3, 0.4) is 0 Å². The van der Waals surface area contributed by atoms with Gasteiger partial charge in [0.1, 0.15) is 0 Å². The molecule has 0 radical (unpaired) electrons. The summed E-state index contributed by atoms with van der Waals surface area (Å²) in [4.78, 5) is 0. The molecule has 67 heavy (non-hydrogen) atoms. The molecule has 0 saturated heterocycles. The quantitative estimate of drug-likeness (QED) is 0.156. The first kappa shape index (κ1) is 38.2. The minimum atomic E-state index is -0.613. The Morgan fingerprint density at radius 2 is 0.701 bits per heavy atom. The lowest BCUT2D eigenvalue weighted by molar-refractivity contribution is 0.735. The highest BCUT2D eigenvalue weighted by atomic mass is 32.1. The summed E-state index contributed by atoms with van der Waals surface area (Å²) in [6.07, 6.45) is 0. The standard InChI is InChI=1S/C66H42S/c1-5-21-46(22-6-1)65(47-23-7-2-8-24-47)57-33-15-13-29-51(57)53-36-37-54-56-42-44(43-19-17-20-45(41-43)50-31-18-32-55-52-30-14-16-34-61(52)67-64(50)55)35-38-58(56)66(48-25-9-3-10-26-48,49-27-11-4-12-28-49)60-40-39-59(65)62(53)63(54)60/h1-42H. The van der Waals surface area contributed by atoms with Crippen LogP contribution in [0.5, 0.6) is 0 Å². The van der Waals surface area contributed by atoms with Crippen LogP contribution in [-0.2, 0) is 10.8 Å². The van der Waals surface area contributed by atoms with Gasteiger partial charge in [-0.1, -0.05) is 237 Å². The normalized spacial score (nSPS) is 13.9. The fourth-order valence-electron chi connectivity index (χ4n) is 12.3. The monoisotopic (exact) mass is 866 g/mol. The van der Waals surface area contributed by atoms with Crippen LogP contribution in [0.25, 0.3) is 75.5 Å². The van der Waals surface area contributed by atoms with Gasteiger partial charge >= 0.3 is 0 Å². The van der Waals surface area contributed by atoms with Gasteiger partial charge in [-0.2, -0.15) is 0 Å². The van der Waals surface area contributed by atoms with E-state index in [-0.39, 0.29) is 0 Å². The predicted octanol–water partition coefficient (Wildman–Crippen LogP) is 17.3. The van der Waals surface area contributed by atoms with Crippen LogP contribution in [-0.4, -0.2) is 0 Å². The molecule has 312 valence electrons. The van der Waals surface area contributed by atoms with E-state index in [9.17, 15) is 0 Å². The lowest BCUT2D eigenvalue weighted by Crippen LogP contribution is -2.36. The molecule has 1 aromatic heterocycles. The molecular formula is C66H42S. The van der Waals surface area contributed by atoms with E-state index in [1.165, 1.54) is 120 Å². The minimum absolute atomic E-state index is 0.564. The molecule has 0 amide bonds. The van der Waals surface area contributed by atoms with Crippen molar-refractivity contribution in [1.29, 1.82) is 0 Å². The number of thiophene rings is 1. The molecule has 0 bridgehead atoms. The van der Waals surface area contributed by atoms with E-state index in [0.717, 1.165) is 0 Å². The van der Waals surface area contributed by atoms with Gasteiger partial charge in [0.15, 0.2) is 0 Å². The average molecular weight is 867 g/mol. The second kappa shape index (κ2) is 14.7. The molecular weight excluding hydrogens is 825 g/mol. The van der Waals surface area contributed by atoms with E-state index in [0.29, 0.717) is 0 Å². The molecule has 11 aromatic carbocycles. The first-order chi connectivity index (χ1) is 33.2. The zero-order valence-electron chi connectivity index (χ0n) is 36.7. The second-order valence-corrected chi connectivity index (χ2v) is 19.3. The zero-order chi connectivity index (χ0) is 44.1. The molecule has 0 aliphatic heterocycles. The number of rotatable bonds is 6. The van der Waals surface area contributed by atoms with Crippen LogP contribution in [0.1, 0.15) is 44.5 Å². The van der Waals surface area contributed by atoms with Crippen molar-refractivity contribution >= 4 is 42.3 Å². The largest absolute Gasteiger partial charge is 0.135 e. The summed E-state index contributed by atoms with van der Waals surface area (Å²) >= 11 is 1.89. The predicted molar refractivity (Wildman–Crippen MR) is 282 cm³/mol. The Labute approximate surface area is 394 Å². The summed E-state index contributed by atoms with van der Waals surface area (Å²) in [6, 6.07) is 96.0. The fraction of sp³-hybridized carbons (Fsp3) is 0.0303. The SMILES string of the molecule is c1ccc(C2(c3ccccc3)c3ccccc3-c3ccc4c5c(ccc2c35)C(c2ccccc2)(c2ccccc2)c2ccc(-c3cccc(-c5cccc6c5sc5ccccc56)c3)cc2-4)cc1. The molecule has 1 heterocycles. The van der Waals surface area contributed by atoms with Crippen LogP contribution in [0.15, 0.2) is 255 Å². The summed E-state index contributed by atoms with van der Waals surface area (Å²) in [5, 5.41) is 5.29. The molecule has 12 aromatic rings. The average Bonchev–Trinajstić information content (AvgIpc) is 3.80. The molecule has 0 spiro atoms. The summed E-state index contributed by atoms with van der Waals surface area (Å²) in [5.74, 6) is 0.